The van der Waals surface area contributed by atoms with Crippen LogP contribution >= 0.6 is 0 Å². The number of hydrogen-bond donors (Lipinski definition) is 1. The van der Waals surface area contributed by atoms with E-state index in [0.29, 0.717) is 0 Å². The van der Waals surface area contributed by atoms with Gasteiger partial charge in [-0.3, -0.25) is 9.78 Å². The predicted octanol–water partition coefficient (Wildman–Crippen LogP) is 2.57. The third kappa shape index (κ3) is 3.11. The Kier molecular flexibility index (Phi) is 3.96. The Labute approximate surface area is 123 Å². The Balaban J connectivity index is 1.68. The van der Waals surface area contributed by atoms with Gasteiger partial charge in [-0.15, -0.1) is 0 Å². The number of benzene rings is 1. The fourth-order valence-electron chi connectivity index (χ4n) is 2.36. The second-order valence-corrected chi connectivity index (χ2v) is 4.90. The quantitative estimate of drug-likeness (QED) is 0.730. The van der Waals surface area contributed by atoms with Crippen molar-refractivity contribution in [2.45, 2.75) is 12.8 Å². The van der Waals surface area contributed by atoms with Gasteiger partial charge in [-0.25, -0.2) is 4.68 Å². The van der Waals surface area contributed by atoms with E-state index in [0.717, 1.165) is 36.0 Å². The monoisotopic (exact) mass is 279 g/mol. The Morgan fingerprint density at radius 3 is 2.71 bits per heavy atom. The molecule has 0 saturated heterocycles. The highest BCUT2D eigenvalue weighted by Gasteiger charge is 2.01. The molecule has 0 aliphatic rings. The van der Waals surface area contributed by atoms with E-state index in [1.165, 1.54) is 0 Å². The summed E-state index contributed by atoms with van der Waals surface area (Å²) in [4.78, 5) is 16.3. The number of pyridine rings is 2. The van der Waals surface area contributed by atoms with Crippen LogP contribution in [0, 0.1) is 0 Å². The van der Waals surface area contributed by atoms with Gasteiger partial charge in [0.2, 0.25) is 0 Å². The van der Waals surface area contributed by atoms with Gasteiger partial charge < -0.3 is 5.43 Å². The second kappa shape index (κ2) is 6.22. The largest absolute Gasteiger partial charge is 0.323 e. The summed E-state index contributed by atoms with van der Waals surface area (Å²) in [6, 6.07) is 17.2. The molecule has 0 amide bonds. The fourth-order valence-corrected chi connectivity index (χ4v) is 2.36. The van der Waals surface area contributed by atoms with Gasteiger partial charge in [0, 0.05) is 29.9 Å². The lowest BCUT2D eigenvalue weighted by Gasteiger charge is -2.12. The van der Waals surface area contributed by atoms with Crippen LogP contribution in [0.3, 0.4) is 0 Å². The van der Waals surface area contributed by atoms with E-state index in [1.807, 2.05) is 48.5 Å². The van der Waals surface area contributed by atoms with Crippen LogP contribution in [0.25, 0.3) is 10.9 Å². The van der Waals surface area contributed by atoms with Crippen molar-refractivity contribution in [1.29, 1.82) is 0 Å². The van der Waals surface area contributed by atoms with Gasteiger partial charge >= 0.3 is 0 Å². The van der Waals surface area contributed by atoms with Crippen molar-refractivity contribution in [3.63, 3.8) is 0 Å². The molecule has 1 aromatic carbocycles. The Morgan fingerprint density at radius 2 is 1.86 bits per heavy atom. The van der Waals surface area contributed by atoms with Gasteiger partial charge in [0.25, 0.3) is 5.56 Å². The van der Waals surface area contributed by atoms with Gasteiger partial charge in [-0.2, -0.15) is 0 Å². The smallest absolute Gasteiger partial charge is 0.269 e. The molecule has 0 atom stereocenters. The highest BCUT2D eigenvalue weighted by atomic mass is 16.1. The predicted molar refractivity (Wildman–Crippen MR) is 85.0 cm³/mol. The highest BCUT2D eigenvalue weighted by Crippen LogP contribution is 2.09. The van der Waals surface area contributed by atoms with Gasteiger partial charge in [-0.05, 0) is 37.1 Å². The van der Waals surface area contributed by atoms with Gasteiger partial charge in [0.15, 0.2) is 0 Å². The van der Waals surface area contributed by atoms with Crippen LogP contribution in [-0.2, 0) is 6.42 Å². The third-order valence-corrected chi connectivity index (χ3v) is 3.41. The average molecular weight is 279 g/mol. The molecule has 4 nitrogen and oxygen atoms in total. The van der Waals surface area contributed by atoms with Crippen molar-refractivity contribution in [2.75, 3.05) is 12.0 Å². The maximum atomic E-state index is 12.0. The first kappa shape index (κ1) is 13.4. The minimum Gasteiger partial charge on any atom is -0.323 e. The molecule has 0 saturated carbocycles. The number of hydrogen-bond acceptors (Lipinski definition) is 3. The number of nitrogens with zero attached hydrogens (tertiary/aromatic N) is 2. The van der Waals surface area contributed by atoms with E-state index in [1.54, 1.807) is 16.9 Å². The highest BCUT2D eigenvalue weighted by molar-refractivity contribution is 5.78. The summed E-state index contributed by atoms with van der Waals surface area (Å²) in [5.41, 5.74) is 5.15. The van der Waals surface area contributed by atoms with Gasteiger partial charge in [-0.1, -0.05) is 24.3 Å². The van der Waals surface area contributed by atoms with Crippen molar-refractivity contribution in [1.82, 2.24) is 9.66 Å². The normalized spacial score (nSPS) is 10.7. The first-order valence-corrected chi connectivity index (χ1v) is 7.09. The number of aryl methyl sites for hydroxylation is 1. The SMILES string of the molecule is O=c1ccc2ccccc2n1NCCCc1ccccn1. The first-order chi connectivity index (χ1) is 10.3. The molecule has 0 aliphatic carbocycles. The van der Waals surface area contributed by atoms with Crippen LogP contribution < -0.4 is 11.0 Å². The number of rotatable bonds is 5. The summed E-state index contributed by atoms with van der Waals surface area (Å²) in [5.74, 6) is 0. The first-order valence-electron chi connectivity index (χ1n) is 7.09. The molecule has 1 N–H and O–H groups in total. The van der Waals surface area contributed by atoms with E-state index in [2.05, 4.69) is 10.4 Å². The molecule has 21 heavy (non-hydrogen) atoms. The van der Waals surface area contributed by atoms with Crippen molar-refractivity contribution >= 4 is 10.9 Å². The third-order valence-electron chi connectivity index (χ3n) is 3.41. The Bertz CT molecular complexity index is 781. The maximum Gasteiger partial charge on any atom is 0.269 e. The minimum atomic E-state index is -0.0356. The molecular formula is C17H17N3O. The molecule has 2 heterocycles. The van der Waals surface area contributed by atoms with Crippen molar-refractivity contribution < 1.29 is 0 Å². The summed E-state index contributed by atoms with van der Waals surface area (Å²) in [5, 5.41) is 1.05. The zero-order valence-electron chi connectivity index (χ0n) is 11.7. The van der Waals surface area contributed by atoms with Gasteiger partial charge in [0.1, 0.15) is 0 Å². The fraction of sp³-hybridized carbons (Fsp3) is 0.176. The summed E-state index contributed by atoms with van der Waals surface area (Å²) in [6.45, 7) is 0.727. The zero-order valence-corrected chi connectivity index (χ0v) is 11.7. The maximum absolute atomic E-state index is 12.0. The molecule has 0 spiro atoms. The molecule has 3 aromatic rings. The molecule has 2 aromatic heterocycles. The Hall–Kier alpha value is -2.62. The van der Waals surface area contributed by atoms with E-state index >= 15 is 0 Å². The van der Waals surface area contributed by atoms with Crippen LogP contribution in [0.4, 0.5) is 0 Å². The molecule has 0 radical (unpaired) electrons. The van der Waals surface area contributed by atoms with Crippen LogP contribution in [0.2, 0.25) is 0 Å². The summed E-state index contributed by atoms with van der Waals surface area (Å²) < 4.78 is 1.62. The van der Waals surface area contributed by atoms with Crippen LogP contribution in [0.1, 0.15) is 12.1 Å². The van der Waals surface area contributed by atoms with E-state index < -0.39 is 0 Å². The lowest BCUT2D eigenvalue weighted by molar-refractivity contribution is 0.755. The zero-order chi connectivity index (χ0) is 14.5. The van der Waals surface area contributed by atoms with Crippen molar-refractivity contribution in [3.8, 4) is 0 Å². The summed E-state index contributed by atoms with van der Waals surface area (Å²) in [6.07, 6.45) is 3.62. The van der Waals surface area contributed by atoms with Crippen LogP contribution in [0.15, 0.2) is 65.6 Å². The van der Waals surface area contributed by atoms with E-state index in [9.17, 15) is 4.79 Å². The number of nitrogens with one attached hydrogen (secondary N) is 1. The number of para-hydroxylation sites is 1. The standard InChI is InChI=1S/C17H17N3O/c21-17-11-10-14-6-1-2-9-16(14)20(17)19-13-5-8-15-7-3-4-12-18-15/h1-4,6-7,9-12,19H,5,8,13H2. The molecule has 4 heteroatoms. The molecule has 106 valence electrons. The second-order valence-electron chi connectivity index (χ2n) is 4.90. The van der Waals surface area contributed by atoms with Crippen molar-refractivity contribution in [2.24, 2.45) is 0 Å². The molecule has 0 bridgehead atoms. The molecular weight excluding hydrogens is 262 g/mol. The van der Waals surface area contributed by atoms with Crippen molar-refractivity contribution in [3.05, 3.63) is 76.8 Å². The molecule has 0 fully saturated rings. The van der Waals surface area contributed by atoms with Gasteiger partial charge in [0.05, 0.1) is 5.52 Å². The average Bonchev–Trinajstić information content (AvgIpc) is 2.54. The topological polar surface area (TPSA) is 46.9 Å². The van der Waals surface area contributed by atoms with Crippen LogP contribution in [0.5, 0.6) is 0 Å². The summed E-state index contributed by atoms with van der Waals surface area (Å²) >= 11 is 0. The van der Waals surface area contributed by atoms with E-state index in [-0.39, 0.29) is 5.56 Å². The lowest BCUT2D eigenvalue weighted by Crippen LogP contribution is -2.29. The van der Waals surface area contributed by atoms with Crippen LogP contribution in [-0.4, -0.2) is 16.2 Å². The minimum absolute atomic E-state index is 0.0356. The molecule has 0 unspecified atom stereocenters. The number of fused-ring (bicyclic) bond motifs is 1. The summed E-state index contributed by atoms with van der Waals surface area (Å²) in [7, 11) is 0. The molecule has 3 rings (SSSR count). The Morgan fingerprint density at radius 1 is 1.00 bits per heavy atom. The van der Waals surface area contributed by atoms with E-state index in [4.69, 9.17) is 0 Å². The number of aromatic nitrogens is 2. The lowest BCUT2D eigenvalue weighted by atomic mass is 10.2. The molecule has 0 aliphatic heterocycles.